The van der Waals surface area contributed by atoms with Crippen molar-refractivity contribution >= 4 is 27.7 Å². The Morgan fingerprint density at radius 3 is 2.60 bits per heavy atom. The van der Waals surface area contributed by atoms with Gasteiger partial charge in [-0.25, -0.2) is 17.5 Å². The topological polar surface area (TPSA) is 93.7 Å². The third-order valence-electron chi connectivity index (χ3n) is 4.06. The lowest BCUT2D eigenvalue weighted by atomic mass is 10.2. The Balaban J connectivity index is 1.94. The van der Waals surface area contributed by atoms with Crippen molar-refractivity contribution in [3.05, 3.63) is 59.4 Å². The van der Waals surface area contributed by atoms with Gasteiger partial charge < -0.3 is 14.8 Å². The second-order valence-corrected chi connectivity index (χ2v) is 9.00. The molecule has 7 nitrogen and oxygen atoms in total. The van der Waals surface area contributed by atoms with Gasteiger partial charge in [0.25, 0.3) is 5.91 Å². The average molecular weight is 457 g/mol. The lowest BCUT2D eigenvalue weighted by Gasteiger charge is -2.12. The van der Waals surface area contributed by atoms with Crippen molar-refractivity contribution in [2.45, 2.75) is 10.6 Å². The maximum atomic E-state index is 13.6. The molecule has 0 saturated heterocycles. The number of halogens is 1. The highest BCUT2D eigenvalue weighted by atomic mass is 32.2. The Hall–Kier alpha value is -2.14. The first-order chi connectivity index (χ1) is 14.4. The van der Waals surface area contributed by atoms with Crippen LogP contribution in [-0.4, -0.2) is 54.0 Å². The summed E-state index contributed by atoms with van der Waals surface area (Å²) in [6, 6.07) is 10.8. The number of rotatable bonds is 12. The summed E-state index contributed by atoms with van der Waals surface area (Å²) in [4.78, 5) is 12.3. The normalized spacial score (nSPS) is 11.3. The van der Waals surface area contributed by atoms with Crippen molar-refractivity contribution in [2.75, 3.05) is 39.7 Å². The van der Waals surface area contributed by atoms with Gasteiger partial charge in [0.15, 0.2) is 0 Å². The Bertz CT molecular complexity index is 954. The first-order valence-corrected chi connectivity index (χ1v) is 11.8. The van der Waals surface area contributed by atoms with Gasteiger partial charge in [-0.15, -0.1) is 0 Å². The summed E-state index contributed by atoms with van der Waals surface area (Å²) < 4.78 is 51.0. The summed E-state index contributed by atoms with van der Waals surface area (Å²) in [6.45, 7) is 0.669. The molecular weight excluding hydrogens is 431 g/mol. The number of benzene rings is 2. The van der Waals surface area contributed by atoms with Gasteiger partial charge in [-0.1, -0.05) is 18.2 Å². The lowest BCUT2D eigenvalue weighted by Crippen LogP contribution is -2.29. The number of hydrogen-bond donors (Lipinski definition) is 2. The minimum Gasteiger partial charge on any atom is -0.495 e. The van der Waals surface area contributed by atoms with E-state index in [0.29, 0.717) is 23.6 Å². The van der Waals surface area contributed by atoms with Crippen LogP contribution in [0.1, 0.15) is 15.9 Å². The van der Waals surface area contributed by atoms with E-state index in [4.69, 9.17) is 9.47 Å². The van der Waals surface area contributed by atoms with Crippen LogP contribution in [0.4, 0.5) is 4.39 Å². The highest BCUT2D eigenvalue weighted by Crippen LogP contribution is 2.25. The number of nitrogens with one attached hydrogen (secondary N) is 2. The van der Waals surface area contributed by atoms with Gasteiger partial charge in [0.05, 0.1) is 13.7 Å². The number of sulfonamides is 1. The standard InChI is InChI=1S/C20H25FN2O5S2/c1-27-11-9-23-30(25,26)19-13-15(7-8-18(19)28-2)20(24)22-10-12-29-14-16-5-3-4-6-17(16)21/h3-8,13,23H,9-12,14H2,1-2H3,(H,22,24). The van der Waals surface area contributed by atoms with E-state index in [-0.39, 0.29) is 35.2 Å². The van der Waals surface area contributed by atoms with Gasteiger partial charge >= 0.3 is 0 Å². The number of amides is 1. The summed E-state index contributed by atoms with van der Waals surface area (Å²) in [6.07, 6.45) is 0. The van der Waals surface area contributed by atoms with Gasteiger partial charge in [0, 0.05) is 37.3 Å². The first kappa shape index (κ1) is 24.1. The molecule has 0 atom stereocenters. The fraction of sp³-hybridized carbons (Fsp3) is 0.350. The van der Waals surface area contributed by atoms with Crippen molar-refractivity contribution in [1.82, 2.24) is 10.0 Å². The van der Waals surface area contributed by atoms with Crippen LogP contribution < -0.4 is 14.8 Å². The zero-order valence-corrected chi connectivity index (χ0v) is 18.4. The van der Waals surface area contributed by atoms with E-state index in [1.165, 1.54) is 50.2 Å². The van der Waals surface area contributed by atoms with E-state index in [9.17, 15) is 17.6 Å². The molecule has 0 bridgehead atoms. The molecular formula is C20H25FN2O5S2. The third-order valence-corrected chi connectivity index (χ3v) is 6.55. The summed E-state index contributed by atoms with van der Waals surface area (Å²) in [5.74, 6) is 0.565. The Kier molecular flexibility index (Phi) is 9.57. The fourth-order valence-electron chi connectivity index (χ4n) is 2.52. The molecule has 30 heavy (non-hydrogen) atoms. The van der Waals surface area contributed by atoms with Crippen molar-refractivity contribution in [3.8, 4) is 5.75 Å². The quantitative estimate of drug-likeness (QED) is 0.477. The molecule has 0 heterocycles. The van der Waals surface area contributed by atoms with Gasteiger partial charge in [0.2, 0.25) is 10.0 Å². The monoisotopic (exact) mass is 456 g/mol. The molecule has 164 valence electrons. The molecule has 0 spiro atoms. The molecule has 0 aliphatic rings. The van der Waals surface area contributed by atoms with Crippen LogP contribution in [0.3, 0.4) is 0 Å². The highest BCUT2D eigenvalue weighted by molar-refractivity contribution is 7.98. The van der Waals surface area contributed by atoms with Gasteiger partial charge in [-0.3, -0.25) is 4.79 Å². The summed E-state index contributed by atoms with van der Waals surface area (Å²) in [5.41, 5.74) is 0.807. The number of methoxy groups -OCH3 is 2. The molecule has 2 rings (SSSR count). The Labute approximate surface area is 180 Å². The van der Waals surface area contributed by atoms with Gasteiger partial charge in [-0.05, 0) is 29.8 Å². The summed E-state index contributed by atoms with van der Waals surface area (Å²) in [5, 5.41) is 2.74. The molecule has 2 N–H and O–H groups in total. The molecule has 10 heteroatoms. The summed E-state index contributed by atoms with van der Waals surface area (Å²) in [7, 11) is -1.05. The van der Waals surface area contributed by atoms with E-state index in [1.54, 1.807) is 18.2 Å². The Morgan fingerprint density at radius 2 is 1.90 bits per heavy atom. The minimum atomic E-state index is -3.87. The number of ether oxygens (including phenoxy) is 2. The zero-order valence-electron chi connectivity index (χ0n) is 16.8. The zero-order chi connectivity index (χ0) is 22.0. The molecule has 1 amide bonds. The van der Waals surface area contributed by atoms with Crippen LogP contribution in [-0.2, 0) is 20.5 Å². The molecule has 0 fully saturated rings. The largest absolute Gasteiger partial charge is 0.495 e. The highest BCUT2D eigenvalue weighted by Gasteiger charge is 2.21. The molecule has 0 radical (unpaired) electrons. The van der Waals surface area contributed by atoms with Crippen molar-refractivity contribution in [1.29, 1.82) is 0 Å². The predicted molar refractivity (Wildman–Crippen MR) is 115 cm³/mol. The van der Waals surface area contributed by atoms with Crippen molar-refractivity contribution < 1.29 is 27.1 Å². The van der Waals surface area contributed by atoms with Crippen LogP contribution in [0, 0.1) is 5.82 Å². The van der Waals surface area contributed by atoms with Crippen LogP contribution in [0.25, 0.3) is 0 Å². The second kappa shape index (κ2) is 11.9. The van der Waals surface area contributed by atoms with E-state index in [1.807, 2.05) is 0 Å². The van der Waals surface area contributed by atoms with E-state index in [2.05, 4.69) is 10.0 Å². The number of carbonyl (C=O) groups excluding carboxylic acids is 1. The molecule has 0 unspecified atom stereocenters. The second-order valence-electron chi connectivity index (χ2n) is 6.16. The summed E-state index contributed by atoms with van der Waals surface area (Å²) >= 11 is 1.49. The Morgan fingerprint density at radius 1 is 1.13 bits per heavy atom. The van der Waals surface area contributed by atoms with Crippen molar-refractivity contribution in [3.63, 3.8) is 0 Å². The SMILES string of the molecule is COCCNS(=O)(=O)c1cc(C(=O)NCCSCc2ccccc2F)ccc1OC. The van der Waals surface area contributed by atoms with Crippen LogP contribution >= 0.6 is 11.8 Å². The fourth-order valence-corrected chi connectivity index (χ4v) is 4.57. The van der Waals surface area contributed by atoms with E-state index < -0.39 is 15.9 Å². The number of thioether (sulfide) groups is 1. The third kappa shape index (κ3) is 6.98. The van der Waals surface area contributed by atoms with Crippen LogP contribution in [0.15, 0.2) is 47.4 Å². The predicted octanol–water partition coefficient (Wildman–Crippen LogP) is 2.42. The maximum Gasteiger partial charge on any atom is 0.251 e. The average Bonchev–Trinajstić information content (AvgIpc) is 2.74. The van der Waals surface area contributed by atoms with Crippen molar-refractivity contribution in [2.24, 2.45) is 0 Å². The van der Waals surface area contributed by atoms with Gasteiger partial charge in [-0.2, -0.15) is 11.8 Å². The molecule has 0 aromatic heterocycles. The number of carbonyl (C=O) groups is 1. The number of hydrogen-bond acceptors (Lipinski definition) is 6. The van der Waals surface area contributed by atoms with Crippen LogP contribution in [0.2, 0.25) is 0 Å². The first-order valence-electron chi connectivity index (χ1n) is 9.15. The van der Waals surface area contributed by atoms with E-state index >= 15 is 0 Å². The van der Waals surface area contributed by atoms with Crippen LogP contribution in [0.5, 0.6) is 5.75 Å². The molecule has 2 aromatic carbocycles. The maximum absolute atomic E-state index is 13.6. The van der Waals surface area contributed by atoms with E-state index in [0.717, 1.165) is 0 Å². The molecule has 0 aliphatic carbocycles. The molecule has 0 saturated carbocycles. The minimum absolute atomic E-state index is 0.0949. The smallest absolute Gasteiger partial charge is 0.251 e. The lowest BCUT2D eigenvalue weighted by molar-refractivity contribution is 0.0956. The molecule has 2 aromatic rings. The van der Waals surface area contributed by atoms with Gasteiger partial charge in [0.1, 0.15) is 16.5 Å². The molecule has 0 aliphatic heterocycles.